The molecule has 10 heteroatoms. The summed E-state index contributed by atoms with van der Waals surface area (Å²) in [6.07, 6.45) is -1.37. The van der Waals surface area contributed by atoms with E-state index in [1.807, 2.05) is 0 Å². The van der Waals surface area contributed by atoms with Crippen molar-refractivity contribution >= 4 is 23.9 Å². The highest BCUT2D eigenvalue weighted by molar-refractivity contribution is 5.80. The van der Waals surface area contributed by atoms with Crippen molar-refractivity contribution in [3.8, 4) is 0 Å². The maximum Gasteiger partial charge on any atom is 0.322 e. The van der Waals surface area contributed by atoms with Crippen LogP contribution in [0.15, 0.2) is 0 Å². The number of hydrazine groups is 1. The molecule has 3 atom stereocenters. The second-order valence-electron chi connectivity index (χ2n) is 4.11. The predicted octanol–water partition coefficient (Wildman–Crippen LogP) is -1.43. The quantitative estimate of drug-likeness (QED) is 0.262. The molecule has 0 spiro atoms. The molecule has 6 N–H and O–H groups in total. The third-order valence-electron chi connectivity index (χ3n) is 2.48. The standard InChI is InChI=1S/C10H16N2O8/c1-4(5(9(17)18)2-7(13)14)11-12-6(10(19)20)3-8(15)16/h4-6,11-12H,2-3H2,1H3,(H,13,14)(H,15,16)(H,17,18)(H,19,20)/t4-,5+,6-/m0/s1. The number of carboxylic acids is 4. The summed E-state index contributed by atoms with van der Waals surface area (Å²) >= 11 is 0. The van der Waals surface area contributed by atoms with E-state index in [9.17, 15) is 19.2 Å². The lowest BCUT2D eigenvalue weighted by Gasteiger charge is -2.22. The van der Waals surface area contributed by atoms with E-state index in [0.29, 0.717) is 0 Å². The zero-order chi connectivity index (χ0) is 15.9. The van der Waals surface area contributed by atoms with Crippen LogP contribution < -0.4 is 10.9 Å². The normalized spacial score (nSPS) is 15.1. The molecule has 0 aromatic carbocycles. The van der Waals surface area contributed by atoms with E-state index in [-0.39, 0.29) is 0 Å². The first-order valence-corrected chi connectivity index (χ1v) is 5.55. The van der Waals surface area contributed by atoms with Crippen molar-refractivity contribution in [1.82, 2.24) is 10.9 Å². The Kier molecular flexibility index (Phi) is 7.18. The van der Waals surface area contributed by atoms with Gasteiger partial charge in [-0.15, -0.1) is 0 Å². The zero-order valence-electron chi connectivity index (χ0n) is 10.6. The molecule has 0 saturated carbocycles. The van der Waals surface area contributed by atoms with Crippen LogP contribution in [0.25, 0.3) is 0 Å². The Labute approximate surface area is 113 Å². The van der Waals surface area contributed by atoms with Gasteiger partial charge < -0.3 is 20.4 Å². The topological polar surface area (TPSA) is 173 Å². The maximum absolute atomic E-state index is 10.9. The Bertz CT molecular complexity index is 397. The highest BCUT2D eigenvalue weighted by Crippen LogP contribution is 2.09. The van der Waals surface area contributed by atoms with Gasteiger partial charge in [-0.05, 0) is 6.92 Å². The lowest BCUT2D eigenvalue weighted by molar-refractivity contribution is -0.149. The average Bonchev–Trinajstić information content (AvgIpc) is 2.29. The highest BCUT2D eigenvalue weighted by atomic mass is 16.4. The molecule has 0 bridgehead atoms. The van der Waals surface area contributed by atoms with Gasteiger partial charge in [-0.25, -0.2) is 5.43 Å². The third kappa shape index (κ3) is 6.66. The average molecular weight is 292 g/mol. The van der Waals surface area contributed by atoms with Gasteiger partial charge in [0.25, 0.3) is 0 Å². The van der Waals surface area contributed by atoms with Crippen LogP contribution in [0.4, 0.5) is 0 Å². The van der Waals surface area contributed by atoms with Gasteiger partial charge in [0.05, 0.1) is 18.8 Å². The smallest absolute Gasteiger partial charge is 0.322 e. The Morgan fingerprint density at radius 3 is 1.70 bits per heavy atom. The summed E-state index contributed by atoms with van der Waals surface area (Å²) in [5, 5.41) is 34.7. The predicted molar refractivity (Wildman–Crippen MR) is 62.8 cm³/mol. The number of carbonyl (C=O) groups is 4. The summed E-state index contributed by atoms with van der Waals surface area (Å²) in [5.41, 5.74) is 4.49. The van der Waals surface area contributed by atoms with Gasteiger partial charge >= 0.3 is 23.9 Å². The van der Waals surface area contributed by atoms with Crippen molar-refractivity contribution in [2.24, 2.45) is 5.92 Å². The molecule has 10 nitrogen and oxygen atoms in total. The first kappa shape index (κ1) is 17.8. The molecule has 0 unspecified atom stereocenters. The molecule has 20 heavy (non-hydrogen) atoms. The van der Waals surface area contributed by atoms with Crippen LogP contribution in [0.1, 0.15) is 19.8 Å². The molecule has 0 aromatic heterocycles. The molecule has 0 radical (unpaired) electrons. The van der Waals surface area contributed by atoms with E-state index in [1.165, 1.54) is 6.92 Å². The third-order valence-corrected chi connectivity index (χ3v) is 2.48. The van der Waals surface area contributed by atoms with Crippen LogP contribution in [0.5, 0.6) is 0 Å². The summed E-state index contributed by atoms with van der Waals surface area (Å²) < 4.78 is 0. The molecule has 0 amide bonds. The molecule has 0 aromatic rings. The lowest BCUT2D eigenvalue weighted by atomic mass is 9.98. The first-order chi connectivity index (χ1) is 9.15. The van der Waals surface area contributed by atoms with Gasteiger partial charge in [0, 0.05) is 6.04 Å². The SMILES string of the molecule is C[C@H](NN[C@@H](CC(=O)O)C(=O)O)[C@@H](CC(=O)O)C(=O)O. The minimum atomic E-state index is -1.46. The van der Waals surface area contributed by atoms with Crippen molar-refractivity contribution in [1.29, 1.82) is 0 Å². The van der Waals surface area contributed by atoms with Gasteiger partial charge in [-0.2, -0.15) is 0 Å². The van der Waals surface area contributed by atoms with Crippen molar-refractivity contribution < 1.29 is 39.6 Å². The van der Waals surface area contributed by atoms with Crippen LogP contribution in [-0.2, 0) is 19.2 Å². The van der Waals surface area contributed by atoms with Crippen LogP contribution in [0.2, 0.25) is 0 Å². The molecular weight excluding hydrogens is 276 g/mol. The van der Waals surface area contributed by atoms with E-state index in [4.69, 9.17) is 20.4 Å². The Morgan fingerprint density at radius 1 is 0.850 bits per heavy atom. The molecule has 0 rings (SSSR count). The van der Waals surface area contributed by atoms with E-state index in [0.717, 1.165) is 0 Å². The molecule has 0 heterocycles. The summed E-state index contributed by atoms with van der Waals surface area (Å²) in [6.45, 7) is 1.34. The van der Waals surface area contributed by atoms with Crippen LogP contribution in [0, 0.1) is 5.92 Å². The van der Waals surface area contributed by atoms with Crippen molar-refractivity contribution in [3.05, 3.63) is 0 Å². The van der Waals surface area contributed by atoms with E-state index < -0.39 is 54.7 Å². The van der Waals surface area contributed by atoms with Crippen molar-refractivity contribution in [2.45, 2.75) is 31.8 Å². The number of hydrogen-bond acceptors (Lipinski definition) is 6. The molecule has 0 aliphatic carbocycles. The van der Waals surface area contributed by atoms with E-state index in [2.05, 4.69) is 10.9 Å². The van der Waals surface area contributed by atoms with Crippen LogP contribution in [0.3, 0.4) is 0 Å². The molecule has 0 aliphatic heterocycles. The van der Waals surface area contributed by atoms with Gasteiger partial charge in [0.15, 0.2) is 0 Å². The minimum Gasteiger partial charge on any atom is -0.481 e. The van der Waals surface area contributed by atoms with E-state index in [1.54, 1.807) is 0 Å². The number of aliphatic carboxylic acids is 4. The molecule has 0 aliphatic rings. The lowest BCUT2D eigenvalue weighted by Crippen LogP contribution is -2.53. The van der Waals surface area contributed by atoms with Gasteiger partial charge in [0.2, 0.25) is 0 Å². The summed E-state index contributed by atoms with van der Waals surface area (Å²) in [4.78, 5) is 42.6. The number of rotatable bonds is 10. The molecule has 114 valence electrons. The Morgan fingerprint density at radius 2 is 1.35 bits per heavy atom. The van der Waals surface area contributed by atoms with Crippen molar-refractivity contribution in [3.63, 3.8) is 0 Å². The van der Waals surface area contributed by atoms with Crippen LogP contribution in [-0.4, -0.2) is 56.4 Å². The molecule has 0 fully saturated rings. The van der Waals surface area contributed by atoms with Gasteiger partial charge in [-0.1, -0.05) is 0 Å². The fraction of sp³-hybridized carbons (Fsp3) is 0.600. The summed E-state index contributed by atoms with van der Waals surface area (Å²) in [5.74, 6) is -6.75. The largest absolute Gasteiger partial charge is 0.481 e. The number of nitrogens with one attached hydrogen (secondary N) is 2. The van der Waals surface area contributed by atoms with Gasteiger partial charge in [-0.3, -0.25) is 24.6 Å². The first-order valence-electron chi connectivity index (χ1n) is 5.55. The minimum absolute atomic E-state index is 0.651. The summed E-state index contributed by atoms with van der Waals surface area (Å²) in [6, 6.07) is -2.38. The van der Waals surface area contributed by atoms with Crippen molar-refractivity contribution in [2.75, 3.05) is 0 Å². The van der Waals surface area contributed by atoms with Gasteiger partial charge in [0.1, 0.15) is 6.04 Å². The second-order valence-corrected chi connectivity index (χ2v) is 4.11. The Balaban J connectivity index is 4.58. The fourth-order valence-corrected chi connectivity index (χ4v) is 1.37. The summed E-state index contributed by atoms with van der Waals surface area (Å²) in [7, 11) is 0. The number of hydrogen-bond donors (Lipinski definition) is 6. The Hall–Kier alpha value is -2.20. The van der Waals surface area contributed by atoms with Crippen LogP contribution >= 0.6 is 0 Å². The zero-order valence-corrected chi connectivity index (χ0v) is 10.6. The fourth-order valence-electron chi connectivity index (χ4n) is 1.37. The number of carboxylic acid groups (broad SMARTS) is 4. The second kappa shape index (κ2) is 8.07. The highest BCUT2D eigenvalue weighted by Gasteiger charge is 2.29. The maximum atomic E-state index is 10.9. The molecular formula is C10H16N2O8. The monoisotopic (exact) mass is 292 g/mol. The molecule has 0 saturated heterocycles. The van der Waals surface area contributed by atoms with E-state index >= 15 is 0 Å².